The summed E-state index contributed by atoms with van der Waals surface area (Å²) in [4.78, 5) is 0. The molecule has 0 aliphatic heterocycles. The van der Waals surface area contributed by atoms with Crippen LogP contribution in [0.5, 0.6) is 0 Å². The molecule has 2 heteroatoms. The van der Waals surface area contributed by atoms with Gasteiger partial charge in [-0.25, -0.2) is 0 Å². The van der Waals surface area contributed by atoms with Crippen LogP contribution >= 0.6 is 0 Å². The summed E-state index contributed by atoms with van der Waals surface area (Å²) in [6.07, 6.45) is 16.4. The van der Waals surface area contributed by atoms with Gasteiger partial charge in [0, 0.05) is 11.1 Å². The van der Waals surface area contributed by atoms with Crippen molar-refractivity contribution in [2.75, 3.05) is 6.67 Å². The number of nitrogens with two attached hydrogens (primary N) is 1. The van der Waals surface area contributed by atoms with Gasteiger partial charge in [-0.1, -0.05) is 74.6 Å². The minimum atomic E-state index is 0.139. The maximum Gasteiger partial charge on any atom is 0.0625 e. The Hall–Kier alpha value is -1.80. The van der Waals surface area contributed by atoms with Crippen molar-refractivity contribution >= 4 is 0 Å². The Balaban J connectivity index is 1.94. The lowest BCUT2D eigenvalue weighted by Gasteiger charge is -2.36. The van der Waals surface area contributed by atoms with E-state index >= 15 is 0 Å². The number of aryl methyl sites for hydroxylation is 1. The third-order valence-electron chi connectivity index (χ3n) is 6.11. The number of allylic oxidation sites excluding steroid dienone is 5. The Kier molecular flexibility index (Phi) is 8.87. The van der Waals surface area contributed by atoms with Gasteiger partial charge in [-0.2, -0.15) is 0 Å². The average molecular weight is 367 g/mol. The van der Waals surface area contributed by atoms with Gasteiger partial charge in [0.2, 0.25) is 0 Å². The third-order valence-corrected chi connectivity index (χ3v) is 6.11. The molecule has 1 aromatic rings. The molecule has 0 saturated carbocycles. The molecule has 0 saturated heterocycles. The first-order chi connectivity index (χ1) is 13.1. The highest BCUT2D eigenvalue weighted by Gasteiger charge is 2.30. The van der Waals surface area contributed by atoms with E-state index in [0.717, 1.165) is 25.0 Å². The lowest BCUT2D eigenvalue weighted by molar-refractivity contribution is 0.258. The molecule has 0 fully saturated rings. The minimum Gasteiger partial charge on any atom is -0.376 e. The molecule has 0 spiro atoms. The monoisotopic (exact) mass is 366 g/mol. The molecule has 0 bridgehead atoms. The lowest BCUT2D eigenvalue weighted by atomic mass is 9.73. The zero-order valence-electron chi connectivity index (χ0n) is 17.3. The normalized spacial score (nSPS) is 18.6. The van der Waals surface area contributed by atoms with Crippen LogP contribution in [0.15, 0.2) is 66.4 Å². The van der Waals surface area contributed by atoms with Crippen LogP contribution < -0.4 is 11.1 Å². The van der Waals surface area contributed by atoms with E-state index in [0.29, 0.717) is 12.6 Å². The van der Waals surface area contributed by atoms with E-state index in [-0.39, 0.29) is 5.41 Å². The van der Waals surface area contributed by atoms with Crippen LogP contribution in [0.3, 0.4) is 0 Å². The van der Waals surface area contributed by atoms with Gasteiger partial charge in [0.25, 0.3) is 0 Å². The first-order valence-electron chi connectivity index (χ1n) is 10.6. The maximum absolute atomic E-state index is 5.77. The van der Waals surface area contributed by atoms with Gasteiger partial charge < -0.3 is 11.1 Å². The number of hydrogen-bond acceptors (Lipinski definition) is 2. The van der Waals surface area contributed by atoms with E-state index < -0.39 is 0 Å². The lowest BCUT2D eigenvalue weighted by Crippen LogP contribution is -2.34. The molecule has 1 aromatic carbocycles. The summed E-state index contributed by atoms with van der Waals surface area (Å²) in [5.41, 5.74) is 9.96. The van der Waals surface area contributed by atoms with Crippen LogP contribution in [-0.2, 0) is 6.42 Å². The molecule has 2 unspecified atom stereocenters. The molecule has 2 atom stereocenters. The zero-order chi connectivity index (χ0) is 19.5. The van der Waals surface area contributed by atoms with E-state index in [2.05, 4.69) is 74.3 Å². The second kappa shape index (κ2) is 11.1. The van der Waals surface area contributed by atoms with E-state index in [4.69, 9.17) is 5.73 Å². The SMILES string of the molecule is C=C(NCN)C(CC)(CCCC1=CCC(C)C=C1)CCCc1ccccc1. The first kappa shape index (κ1) is 21.5. The Morgan fingerprint density at radius 1 is 1.19 bits per heavy atom. The first-order valence-corrected chi connectivity index (χ1v) is 10.6. The van der Waals surface area contributed by atoms with E-state index in [1.165, 1.54) is 43.2 Å². The van der Waals surface area contributed by atoms with E-state index in [1.54, 1.807) is 0 Å². The fourth-order valence-electron chi connectivity index (χ4n) is 4.17. The molecule has 2 rings (SSSR count). The predicted molar refractivity (Wildman–Crippen MR) is 118 cm³/mol. The van der Waals surface area contributed by atoms with Crippen molar-refractivity contribution in [3.63, 3.8) is 0 Å². The predicted octanol–water partition coefficient (Wildman–Crippen LogP) is 6.12. The standard InChI is InChI=1S/C25H38N2/c1-4-25(22(3)27-20-26,18-8-12-23-10-6-5-7-11-23)19-9-13-24-16-14-21(2)15-17-24/h5-7,10-11,14,16-17,21,27H,3-4,8-9,12-13,15,18-20,26H2,1-2H3. The smallest absolute Gasteiger partial charge is 0.0625 e. The second-order valence-corrected chi connectivity index (χ2v) is 8.04. The van der Waals surface area contributed by atoms with Gasteiger partial charge in [-0.05, 0) is 62.8 Å². The number of nitrogens with one attached hydrogen (secondary N) is 1. The van der Waals surface area contributed by atoms with Crippen molar-refractivity contribution in [1.29, 1.82) is 0 Å². The summed E-state index contributed by atoms with van der Waals surface area (Å²) in [5, 5.41) is 3.33. The van der Waals surface area contributed by atoms with Crippen LogP contribution in [-0.4, -0.2) is 6.67 Å². The van der Waals surface area contributed by atoms with Crippen LogP contribution in [0.2, 0.25) is 0 Å². The number of benzene rings is 1. The minimum absolute atomic E-state index is 0.139. The van der Waals surface area contributed by atoms with E-state index in [9.17, 15) is 0 Å². The zero-order valence-corrected chi connectivity index (χ0v) is 17.3. The molecule has 0 amide bonds. The average Bonchev–Trinajstić information content (AvgIpc) is 2.69. The molecule has 1 aliphatic carbocycles. The summed E-state index contributed by atoms with van der Waals surface area (Å²) in [6, 6.07) is 10.8. The van der Waals surface area contributed by atoms with Crippen molar-refractivity contribution < 1.29 is 0 Å². The Morgan fingerprint density at radius 2 is 1.89 bits per heavy atom. The highest BCUT2D eigenvalue weighted by molar-refractivity contribution is 5.23. The fourth-order valence-corrected chi connectivity index (χ4v) is 4.17. The summed E-state index contributed by atoms with van der Waals surface area (Å²) in [5.74, 6) is 0.690. The number of rotatable bonds is 12. The van der Waals surface area contributed by atoms with Gasteiger partial charge in [-0.3, -0.25) is 0 Å². The largest absolute Gasteiger partial charge is 0.376 e. The fraction of sp³-hybridized carbons (Fsp3) is 0.520. The van der Waals surface area contributed by atoms with Crippen LogP contribution in [0.1, 0.15) is 64.4 Å². The summed E-state index contributed by atoms with van der Waals surface area (Å²) >= 11 is 0. The summed E-state index contributed by atoms with van der Waals surface area (Å²) in [6.45, 7) is 9.41. The maximum atomic E-state index is 5.77. The molecule has 1 aliphatic rings. The third kappa shape index (κ3) is 6.70. The Bertz CT molecular complexity index is 629. The Labute approximate surface area is 166 Å². The molecular weight excluding hydrogens is 328 g/mol. The van der Waals surface area contributed by atoms with Gasteiger partial charge in [0.05, 0.1) is 6.67 Å². The molecule has 148 valence electrons. The molecule has 3 N–H and O–H groups in total. The van der Waals surface area contributed by atoms with Crippen LogP contribution in [0.25, 0.3) is 0 Å². The van der Waals surface area contributed by atoms with Crippen molar-refractivity contribution in [3.8, 4) is 0 Å². The van der Waals surface area contributed by atoms with Crippen molar-refractivity contribution in [2.24, 2.45) is 17.1 Å². The van der Waals surface area contributed by atoms with Crippen molar-refractivity contribution in [3.05, 3.63) is 72.0 Å². The van der Waals surface area contributed by atoms with Gasteiger partial charge in [0.1, 0.15) is 0 Å². The second-order valence-electron chi connectivity index (χ2n) is 8.04. The highest BCUT2D eigenvalue weighted by atomic mass is 15.0. The van der Waals surface area contributed by atoms with Crippen molar-refractivity contribution in [1.82, 2.24) is 5.32 Å². The van der Waals surface area contributed by atoms with E-state index in [1.807, 2.05) is 0 Å². The quantitative estimate of drug-likeness (QED) is 0.437. The molecular formula is C25H38N2. The molecule has 0 radical (unpaired) electrons. The summed E-state index contributed by atoms with van der Waals surface area (Å²) in [7, 11) is 0. The van der Waals surface area contributed by atoms with Crippen molar-refractivity contribution in [2.45, 2.75) is 65.2 Å². The molecule has 27 heavy (non-hydrogen) atoms. The summed E-state index contributed by atoms with van der Waals surface area (Å²) < 4.78 is 0. The topological polar surface area (TPSA) is 38.0 Å². The van der Waals surface area contributed by atoms with Gasteiger partial charge >= 0.3 is 0 Å². The van der Waals surface area contributed by atoms with Gasteiger partial charge in [0.15, 0.2) is 0 Å². The highest BCUT2D eigenvalue weighted by Crippen LogP contribution is 2.40. The molecule has 0 aromatic heterocycles. The Morgan fingerprint density at radius 3 is 2.48 bits per heavy atom. The van der Waals surface area contributed by atoms with Gasteiger partial charge in [-0.15, -0.1) is 0 Å². The van der Waals surface area contributed by atoms with Crippen LogP contribution in [0, 0.1) is 11.3 Å². The molecule has 2 nitrogen and oxygen atoms in total. The van der Waals surface area contributed by atoms with Crippen LogP contribution in [0.4, 0.5) is 0 Å². The molecule has 0 heterocycles. The number of hydrogen-bond donors (Lipinski definition) is 2.